The fourth-order valence-electron chi connectivity index (χ4n) is 1.64. The highest BCUT2D eigenvalue weighted by molar-refractivity contribution is 14.1. The second-order valence-corrected chi connectivity index (χ2v) is 6.96. The quantitative estimate of drug-likeness (QED) is 0.550. The summed E-state index contributed by atoms with van der Waals surface area (Å²) in [5.41, 5.74) is 2.09. The second-order valence-electron chi connectivity index (χ2n) is 3.77. The molecule has 0 saturated heterocycles. The number of halogens is 2. The molecule has 0 radical (unpaired) electrons. The van der Waals surface area contributed by atoms with Crippen LogP contribution in [-0.4, -0.2) is 4.98 Å². The number of nitrogens with one attached hydrogen (secondary N) is 1. The Morgan fingerprint density at radius 1 is 1.17 bits per heavy atom. The summed E-state index contributed by atoms with van der Waals surface area (Å²) in [7, 11) is 0. The van der Waals surface area contributed by atoms with E-state index in [0.717, 1.165) is 20.8 Å². The third-order valence-electron chi connectivity index (χ3n) is 2.43. The topological polar surface area (TPSA) is 24.9 Å². The Morgan fingerprint density at radius 2 is 2.06 bits per heavy atom. The van der Waals surface area contributed by atoms with Gasteiger partial charge in [-0.2, -0.15) is 0 Å². The molecule has 0 spiro atoms. The highest BCUT2D eigenvalue weighted by Crippen LogP contribution is 2.30. The van der Waals surface area contributed by atoms with Crippen molar-refractivity contribution in [2.45, 2.75) is 0 Å². The molecule has 1 N–H and O–H groups in total. The van der Waals surface area contributed by atoms with Gasteiger partial charge in [0.15, 0.2) is 5.13 Å². The van der Waals surface area contributed by atoms with E-state index < -0.39 is 0 Å². The molecule has 0 aliphatic carbocycles. The van der Waals surface area contributed by atoms with Gasteiger partial charge >= 0.3 is 0 Å². The standard InChI is InChI=1S/C13H8BrIN2S/c14-8-4-5-12-11(6-8)17-13(18-12)16-10-3-1-2-9(15)7-10/h1-7H,(H,16,17). The van der Waals surface area contributed by atoms with Gasteiger partial charge in [-0.15, -0.1) is 0 Å². The van der Waals surface area contributed by atoms with Crippen molar-refractivity contribution in [1.29, 1.82) is 0 Å². The monoisotopic (exact) mass is 430 g/mol. The molecule has 5 heteroatoms. The Hall–Kier alpha value is -0.660. The van der Waals surface area contributed by atoms with E-state index in [1.165, 1.54) is 8.27 Å². The molecule has 0 saturated carbocycles. The number of aromatic nitrogens is 1. The maximum atomic E-state index is 4.57. The lowest BCUT2D eigenvalue weighted by Gasteiger charge is -2.01. The average molecular weight is 431 g/mol. The van der Waals surface area contributed by atoms with Gasteiger partial charge in [0.1, 0.15) is 0 Å². The van der Waals surface area contributed by atoms with Crippen LogP contribution >= 0.6 is 49.9 Å². The van der Waals surface area contributed by atoms with Gasteiger partial charge in [0, 0.05) is 13.7 Å². The number of hydrogen-bond donors (Lipinski definition) is 1. The predicted octanol–water partition coefficient (Wildman–Crippen LogP) is 5.41. The summed E-state index contributed by atoms with van der Waals surface area (Å²) in [5, 5.41) is 4.26. The molecule has 1 aromatic heterocycles. The van der Waals surface area contributed by atoms with E-state index in [1.807, 2.05) is 24.3 Å². The SMILES string of the molecule is Brc1ccc2sc(Nc3cccc(I)c3)nc2c1. The number of rotatable bonds is 2. The van der Waals surface area contributed by atoms with Crippen LogP contribution in [0.5, 0.6) is 0 Å². The molecule has 0 atom stereocenters. The summed E-state index contributed by atoms with van der Waals surface area (Å²) in [6.45, 7) is 0. The highest BCUT2D eigenvalue weighted by atomic mass is 127. The summed E-state index contributed by atoms with van der Waals surface area (Å²) < 4.78 is 3.45. The Balaban J connectivity index is 1.95. The van der Waals surface area contributed by atoms with Crippen LogP contribution in [0, 0.1) is 3.57 Å². The van der Waals surface area contributed by atoms with Crippen molar-refractivity contribution in [1.82, 2.24) is 4.98 Å². The molecule has 0 aliphatic heterocycles. The first-order valence-corrected chi connectivity index (χ1v) is 7.98. The summed E-state index contributed by atoms with van der Waals surface area (Å²) in [6, 6.07) is 14.4. The fraction of sp³-hybridized carbons (Fsp3) is 0. The van der Waals surface area contributed by atoms with E-state index in [-0.39, 0.29) is 0 Å². The van der Waals surface area contributed by atoms with Crippen molar-refractivity contribution < 1.29 is 0 Å². The minimum Gasteiger partial charge on any atom is -0.331 e. The largest absolute Gasteiger partial charge is 0.331 e. The van der Waals surface area contributed by atoms with Crippen molar-refractivity contribution in [3.8, 4) is 0 Å². The van der Waals surface area contributed by atoms with E-state index in [4.69, 9.17) is 0 Å². The molecule has 0 amide bonds. The number of hydrogen-bond acceptors (Lipinski definition) is 3. The number of anilines is 2. The normalized spacial score (nSPS) is 10.8. The summed E-state index contributed by atoms with van der Waals surface area (Å²) in [6.07, 6.45) is 0. The molecule has 2 aromatic carbocycles. The van der Waals surface area contributed by atoms with Crippen LogP contribution in [0.1, 0.15) is 0 Å². The second kappa shape index (κ2) is 5.14. The van der Waals surface area contributed by atoms with Crippen molar-refractivity contribution in [3.05, 3.63) is 50.5 Å². The Bertz CT molecular complexity index is 711. The van der Waals surface area contributed by atoms with Crippen LogP contribution in [0.2, 0.25) is 0 Å². The Morgan fingerprint density at radius 3 is 2.89 bits per heavy atom. The predicted molar refractivity (Wildman–Crippen MR) is 89.8 cm³/mol. The van der Waals surface area contributed by atoms with Crippen LogP contribution < -0.4 is 5.32 Å². The molecule has 0 bridgehead atoms. The summed E-state index contributed by atoms with van der Waals surface area (Å²) >= 11 is 7.43. The van der Waals surface area contributed by atoms with Crippen molar-refractivity contribution >= 4 is 70.9 Å². The lowest BCUT2D eigenvalue weighted by atomic mass is 10.3. The Kier molecular flexibility index (Phi) is 3.54. The van der Waals surface area contributed by atoms with Crippen LogP contribution in [0.3, 0.4) is 0 Å². The third kappa shape index (κ3) is 2.67. The molecule has 3 rings (SSSR count). The summed E-state index contributed by atoms with van der Waals surface area (Å²) in [4.78, 5) is 4.57. The first-order chi connectivity index (χ1) is 8.70. The molecule has 90 valence electrons. The first kappa shape index (κ1) is 12.4. The fourth-order valence-corrected chi connectivity index (χ4v) is 3.40. The van der Waals surface area contributed by atoms with Crippen LogP contribution in [0.25, 0.3) is 10.2 Å². The van der Waals surface area contributed by atoms with Gasteiger partial charge in [-0.1, -0.05) is 33.3 Å². The number of fused-ring (bicyclic) bond motifs is 1. The van der Waals surface area contributed by atoms with Gasteiger partial charge in [0.2, 0.25) is 0 Å². The molecule has 0 aliphatic rings. The minimum atomic E-state index is 0.921. The zero-order valence-corrected chi connectivity index (χ0v) is 13.7. The molecular weight excluding hydrogens is 423 g/mol. The minimum absolute atomic E-state index is 0.921. The third-order valence-corrected chi connectivity index (χ3v) is 4.54. The Labute approximate surface area is 131 Å². The van der Waals surface area contributed by atoms with Gasteiger partial charge < -0.3 is 5.32 Å². The number of nitrogens with zero attached hydrogens (tertiary/aromatic N) is 1. The highest BCUT2D eigenvalue weighted by Gasteiger charge is 2.04. The van der Waals surface area contributed by atoms with Gasteiger partial charge in [-0.05, 0) is 59.0 Å². The van der Waals surface area contributed by atoms with E-state index in [9.17, 15) is 0 Å². The molecular formula is C13H8BrIN2S. The maximum absolute atomic E-state index is 4.57. The van der Waals surface area contributed by atoms with Crippen LogP contribution in [0.15, 0.2) is 46.9 Å². The van der Waals surface area contributed by atoms with E-state index in [2.05, 4.69) is 67.0 Å². The zero-order valence-electron chi connectivity index (χ0n) is 9.15. The molecule has 0 fully saturated rings. The smallest absolute Gasteiger partial charge is 0.188 e. The number of thiazole rings is 1. The molecule has 18 heavy (non-hydrogen) atoms. The van der Waals surface area contributed by atoms with E-state index in [1.54, 1.807) is 11.3 Å². The van der Waals surface area contributed by atoms with Crippen LogP contribution in [-0.2, 0) is 0 Å². The number of benzene rings is 2. The van der Waals surface area contributed by atoms with Crippen molar-refractivity contribution in [2.24, 2.45) is 0 Å². The van der Waals surface area contributed by atoms with Gasteiger partial charge in [0.25, 0.3) is 0 Å². The molecule has 0 unspecified atom stereocenters. The van der Waals surface area contributed by atoms with E-state index in [0.29, 0.717) is 0 Å². The van der Waals surface area contributed by atoms with Gasteiger partial charge in [-0.3, -0.25) is 0 Å². The molecule has 1 heterocycles. The van der Waals surface area contributed by atoms with E-state index >= 15 is 0 Å². The average Bonchev–Trinajstić information content (AvgIpc) is 2.70. The van der Waals surface area contributed by atoms with Crippen LogP contribution in [0.4, 0.5) is 10.8 Å². The lowest BCUT2D eigenvalue weighted by Crippen LogP contribution is -1.88. The molecule has 3 aromatic rings. The van der Waals surface area contributed by atoms with Crippen molar-refractivity contribution in [3.63, 3.8) is 0 Å². The summed E-state index contributed by atoms with van der Waals surface area (Å²) in [5.74, 6) is 0. The first-order valence-electron chi connectivity index (χ1n) is 5.29. The van der Waals surface area contributed by atoms with Crippen molar-refractivity contribution in [2.75, 3.05) is 5.32 Å². The lowest BCUT2D eigenvalue weighted by molar-refractivity contribution is 1.44. The zero-order chi connectivity index (χ0) is 12.5. The maximum Gasteiger partial charge on any atom is 0.188 e. The van der Waals surface area contributed by atoms with Gasteiger partial charge in [0.05, 0.1) is 10.2 Å². The molecule has 2 nitrogen and oxygen atoms in total. The van der Waals surface area contributed by atoms with Gasteiger partial charge in [-0.25, -0.2) is 4.98 Å².